The second-order valence-electron chi connectivity index (χ2n) is 4.64. The van der Waals surface area contributed by atoms with E-state index in [2.05, 4.69) is 26.2 Å². The number of benzene rings is 1. The van der Waals surface area contributed by atoms with Crippen molar-refractivity contribution in [2.75, 3.05) is 0 Å². The first-order valence-electron chi connectivity index (χ1n) is 6.22. The lowest BCUT2D eigenvalue weighted by atomic mass is 9.91. The van der Waals surface area contributed by atoms with Gasteiger partial charge in [-0.1, -0.05) is 39.0 Å². The van der Waals surface area contributed by atoms with E-state index in [1.807, 2.05) is 19.1 Å². The van der Waals surface area contributed by atoms with Gasteiger partial charge in [0.2, 0.25) is 0 Å². The average molecular weight is 232 g/mol. The molecule has 0 aliphatic heterocycles. The average Bonchev–Trinajstić information content (AvgIpc) is 2.31. The summed E-state index contributed by atoms with van der Waals surface area (Å²) in [5, 5.41) is 0. The van der Waals surface area contributed by atoms with Gasteiger partial charge in [-0.25, -0.2) is 4.39 Å². The van der Waals surface area contributed by atoms with E-state index in [4.69, 9.17) is 0 Å². The lowest BCUT2D eigenvalue weighted by molar-refractivity contribution is 0.615. The summed E-state index contributed by atoms with van der Waals surface area (Å²) in [6, 6.07) is 5.37. The summed E-state index contributed by atoms with van der Waals surface area (Å²) in [7, 11) is 0. The molecule has 17 heavy (non-hydrogen) atoms. The van der Waals surface area contributed by atoms with Gasteiger partial charge < -0.3 is 0 Å². The van der Waals surface area contributed by atoms with Gasteiger partial charge in [-0.15, -0.1) is 5.73 Å². The first-order chi connectivity index (χ1) is 8.08. The van der Waals surface area contributed by atoms with Crippen LogP contribution in [0.1, 0.15) is 50.2 Å². The number of rotatable bonds is 5. The third-order valence-corrected chi connectivity index (χ3v) is 3.11. The monoisotopic (exact) mass is 232 g/mol. The van der Waals surface area contributed by atoms with Crippen LogP contribution in [-0.2, 0) is 0 Å². The fourth-order valence-corrected chi connectivity index (χ4v) is 2.03. The van der Waals surface area contributed by atoms with Gasteiger partial charge in [0.25, 0.3) is 0 Å². The van der Waals surface area contributed by atoms with Crippen LogP contribution in [-0.4, -0.2) is 0 Å². The van der Waals surface area contributed by atoms with E-state index < -0.39 is 0 Å². The first-order valence-corrected chi connectivity index (χ1v) is 6.22. The molecular weight excluding hydrogens is 211 g/mol. The molecule has 1 aromatic rings. The van der Waals surface area contributed by atoms with E-state index >= 15 is 0 Å². The van der Waals surface area contributed by atoms with Crippen molar-refractivity contribution >= 4 is 0 Å². The molecule has 92 valence electrons. The van der Waals surface area contributed by atoms with Crippen molar-refractivity contribution < 1.29 is 4.39 Å². The molecule has 0 heterocycles. The Kier molecular flexibility index (Phi) is 5.18. The van der Waals surface area contributed by atoms with E-state index in [9.17, 15) is 4.39 Å². The summed E-state index contributed by atoms with van der Waals surface area (Å²) >= 11 is 0. The van der Waals surface area contributed by atoms with Crippen LogP contribution in [0.15, 0.2) is 36.1 Å². The molecule has 0 fully saturated rings. The number of hydrogen-bond acceptors (Lipinski definition) is 0. The van der Waals surface area contributed by atoms with Gasteiger partial charge in [0.15, 0.2) is 0 Å². The van der Waals surface area contributed by atoms with E-state index in [1.54, 1.807) is 6.07 Å². The van der Waals surface area contributed by atoms with Crippen molar-refractivity contribution in [2.24, 2.45) is 0 Å². The van der Waals surface area contributed by atoms with Gasteiger partial charge in [-0.05, 0) is 48.4 Å². The highest BCUT2D eigenvalue weighted by Gasteiger charge is 2.09. The highest BCUT2D eigenvalue weighted by molar-refractivity contribution is 5.27. The SMILES string of the molecule is C=C=C(CCC)CC(C)c1ccc(F)c(C)c1. The van der Waals surface area contributed by atoms with E-state index in [0.29, 0.717) is 11.5 Å². The molecule has 1 unspecified atom stereocenters. The summed E-state index contributed by atoms with van der Waals surface area (Å²) in [6.07, 6.45) is 3.13. The fourth-order valence-electron chi connectivity index (χ4n) is 2.03. The molecule has 0 saturated carbocycles. The van der Waals surface area contributed by atoms with E-state index in [-0.39, 0.29) is 5.82 Å². The molecule has 0 bridgehead atoms. The summed E-state index contributed by atoms with van der Waals surface area (Å²) in [5.74, 6) is 0.263. The fraction of sp³-hybridized carbons (Fsp3) is 0.438. The van der Waals surface area contributed by atoms with Gasteiger partial charge in [0, 0.05) is 0 Å². The van der Waals surface area contributed by atoms with E-state index in [1.165, 1.54) is 11.1 Å². The Bertz CT molecular complexity index is 425. The molecule has 0 aliphatic rings. The zero-order valence-electron chi connectivity index (χ0n) is 11.0. The van der Waals surface area contributed by atoms with Crippen LogP contribution in [0.2, 0.25) is 0 Å². The smallest absolute Gasteiger partial charge is 0.126 e. The lowest BCUT2D eigenvalue weighted by Crippen LogP contribution is -1.97. The Morgan fingerprint density at radius 3 is 2.71 bits per heavy atom. The Morgan fingerprint density at radius 2 is 2.18 bits per heavy atom. The van der Waals surface area contributed by atoms with Crippen molar-refractivity contribution in [3.05, 3.63) is 53.0 Å². The van der Waals surface area contributed by atoms with Crippen LogP contribution in [0.5, 0.6) is 0 Å². The third-order valence-electron chi connectivity index (χ3n) is 3.11. The van der Waals surface area contributed by atoms with Crippen molar-refractivity contribution in [2.45, 2.75) is 46.0 Å². The maximum absolute atomic E-state index is 13.2. The molecule has 1 heteroatoms. The lowest BCUT2D eigenvalue weighted by Gasteiger charge is -2.14. The summed E-state index contributed by atoms with van der Waals surface area (Å²) in [5.41, 5.74) is 6.19. The molecule has 0 radical (unpaired) electrons. The zero-order chi connectivity index (χ0) is 12.8. The number of allylic oxidation sites excluding steroid dienone is 1. The number of halogens is 1. The number of aryl methyl sites for hydroxylation is 1. The van der Waals surface area contributed by atoms with Gasteiger partial charge in [-0.2, -0.15) is 0 Å². The van der Waals surface area contributed by atoms with Crippen molar-refractivity contribution in [1.82, 2.24) is 0 Å². The minimum Gasteiger partial charge on any atom is -0.207 e. The molecular formula is C16H21F. The van der Waals surface area contributed by atoms with Gasteiger partial charge in [-0.3, -0.25) is 0 Å². The normalized spacial score (nSPS) is 12.0. The molecule has 0 aliphatic carbocycles. The third kappa shape index (κ3) is 3.87. The molecule has 0 aromatic heterocycles. The molecule has 1 atom stereocenters. The minimum atomic E-state index is -0.131. The standard InChI is InChI=1S/C16H21F/c1-5-7-14(6-2)10-12(3)15-8-9-16(17)13(4)11-15/h8-9,11-12H,2,5,7,10H2,1,3-4H3. The molecule has 0 spiro atoms. The van der Waals surface area contributed by atoms with Gasteiger partial charge >= 0.3 is 0 Å². The topological polar surface area (TPSA) is 0 Å². The molecule has 0 N–H and O–H groups in total. The molecule has 0 saturated heterocycles. The predicted octanol–water partition coefficient (Wildman–Crippen LogP) is 5.14. The molecule has 1 aromatic carbocycles. The zero-order valence-corrected chi connectivity index (χ0v) is 11.0. The van der Waals surface area contributed by atoms with Crippen LogP contribution >= 0.6 is 0 Å². The van der Waals surface area contributed by atoms with Crippen molar-refractivity contribution in [1.29, 1.82) is 0 Å². The van der Waals surface area contributed by atoms with Crippen molar-refractivity contribution in [3.63, 3.8) is 0 Å². The summed E-state index contributed by atoms with van der Waals surface area (Å²) < 4.78 is 13.2. The second kappa shape index (κ2) is 6.42. The van der Waals surface area contributed by atoms with Crippen LogP contribution < -0.4 is 0 Å². The molecule has 0 amide bonds. The Balaban J connectivity index is 2.79. The largest absolute Gasteiger partial charge is 0.207 e. The van der Waals surface area contributed by atoms with Crippen molar-refractivity contribution in [3.8, 4) is 0 Å². The van der Waals surface area contributed by atoms with Gasteiger partial charge in [0.1, 0.15) is 5.82 Å². The van der Waals surface area contributed by atoms with Crippen LogP contribution in [0.25, 0.3) is 0 Å². The Hall–Kier alpha value is -1.33. The minimum absolute atomic E-state index is 0.131. The van der Waals surface area contributed by atoms with Crippen LogP contribution in [0.3, 0.4) is 0 Å². The maximum atomic E-state index is 13.2. The quantitative estimate of drug-likeness (QED) is 0.617. The van der Waals surface area contributed by atoms with Crippen LogP contribution in [0.4, 0.5) is 4.39 Å². The van der Waals surface area contributed by atoms with Gasteiger partial charge in [0.05, 0.1) is 0 Å². The Labute approximate surface area is 104 Å². The Morgan fingerprint density at radius 1 is 1.47 bits per heavy atom. The van der Waals surface area contributed by atoms with Crippen LogP contribution in [0, 0.1) is 12.7 Å². The number of hydrogen-bond donors (Lipinski definition) is 0. The first kappa shape index (κ1) is 13.7. The highest BCUT2D eigenvalue weighted by Crippen LogP contribution is 2.26. The molecule has 1 rings (SSSR count). The second-order valence-corrected chi connectivity index (χ2v) is 4.64. The predicted molar refractivity (Wildman–Crippen MR) is 71.7 cm³/mol. The van der Waals surface area contributed by atoms with E-state index in [0.717, 1.165) is 19.3 Å². The summed E-state index contributed by atoms with van der Waals surface area (Å²) in [4.78, 5) is 0. The highest BCUT2D eigenvalue weighted by atomic mass is 19.1. The molecule has 0 nitrogen and oxygen atoms in total. The summed E-state index contributed by atoms with van der Waals surface area (Å²) in [6.45, 7) is 9.87. The maximum Gasteiger partial charge on any atom is 0.126 e.